The van der Waals surface area contributed by atoms with Crippen molar-refractivity contribution in [2.75, 3.05) is 0 Å². The fraction of sp³-hybridized carbons (Fsp3) is 0.300. The topological polar surface area (TPSA) is 12.5 Å². The van der Waals surface area contributed by atoms with Crippen LogP contribution in [0.3, 0.4) is 0 Å². The zero-order valence-electron chi connectivity index (χ0n) is 14.4. The first-order valence-electron chi connectivity index (χ1n) is 8.48. The fourth-order valence-corrected chi connectivity index (χ4v) is 3.52. The van der Waals surface area contributed by atoms with Gasteiger partial charge < -0.3 is 9.47 Å². The molecule has 1 fully saturated rings. The molecule has 3 rings (SSSR count). The van der Waals surface area contributed by atoms with Crippen LogP contribution in [0.5, 0.6) is 0 Å². The van der Waals surface area contributed by atoms with E-state index < -0.39 is 0 Å². The Bertz CT molecular complexity index is 687. The third-order valence-electron chi connectivity index (χ3n) is 4.54. The van der Waals surface area contributed by atoms with Crippen LogP contribution in [0, 0.1) is 0 Å². The number of rotatable bonds is 4. The Hall–Kier alpha value is -1.55. The average molecular weight is 340 g/mol. The van der Waals surface area contributed by atoms with Crippen LogP contribution in [0.25, 0.3) is 6.08 Å². The first kappa shape index (κ1) is 17.3. The molecule has 0 saturated carbocycles. The van der Waals surface area contributed by atoms with Crippen molar-refractivity contribution in [2.45, 2.75) is 39.0 Å². The highest BCUT2D eigenvalue weighted by Gasteiger charge is 2.43. The van der Waals surface area contributed by atoms with Crippen molar-refractivity contribution in [3.8, 4) is 0 Å². The average Bonchev–Trinajstić information content (AvgIpc) is 2.92. The van der Waals surface area contributed by atoms with Crippen LogP contribution in [0.15, 0.2) is 60.6 Å². The van der Waals surface area contributed by atoms with Crippen LogP contribution >= 0.6 is 11.6 Å². The third kappa shape index (κ3) is 3.75. The van der Waals surface area contributed by atoms with E-state index in [-0.39, 0.29) is 13.2 Å². The Balaban J connectivity index is 1.82. The van der Waals surface area contributed by atoms with E-state index in [2.05, 4.69) is 61.9 Å². The van der Waals surface area contributed by atoms with Gasteiger partial charge in [0.05, 0.1) is 6.10 Å². The van der Waals surface area contributed by atoms with Gasteiger partial charge in [-0.15, -0.1) is 0 Å². The first-order valence-corrected chi connectivity index (χ1v) is 8.85. The molecule has 2 atom stereocenters. The Labute approximate surface area is 150 Å². The van der Waals surface area contributed by atoms with Gasteiger partial charge in [-0.05, 0) is 36.2 Å². The molecule has 0 spiro atoms. The second-order valence-corrected chi connectivity index (χ2v) is 6.99. The quantitative estimate of drug-likeness (QED) is 0.705. The minimum Gasteiger partial charge on any atom is -0.409 e. The first-order chi connectivity index (χ1) is 11.6. The molecular formula is C20H23BClNO. The lowest BCUT2D eigenvalue weighted by Crippen LogP contribution is -2.43. The van der Waals surface area contributed by atoms with E-state index in [1.54, 1.807) is 0 Å². The maximum atomic E-state index is 6.39. The van der Waals surface area contributed by atoms with E-state index in [9.17, 15) is 0 Å². The molecule has 0 aromatic heterocycles. The van der Waals surface area contributed by atoms with Crippen molar-refractivity contribution in [3.63, 3.8) is 0 Å². The van der Waals surface area contributed by atoms with E-state index in [4.69, 9.17) is 16.3 Å². The molecule has 124 valence electrons. The normalized spacial score (nSPS) is 22.0. The lowest BCUT2D eigenvalue weighted by molar-refractivity contribution is 0.197. The summed E-state index contributed by atoms with van der Waals surface area (Å²) in [5.41, 5.74) is 2.36. The monoisotopic (exact) mass is 339 g/mol. The van der Waals surface area contributed by atoms with Crippen LogP contribution in [0.2, 0.25) is 5.02 Å². The second kappa shape index (κ2) is 7.56. The highest BCUT2D eigenvalue weighted by atomic mass is 35.5. The summed E-state index contributed by atoms with van der Waals surface area (Å²) in [6.45, 7) is 6.68. The Morgan fingerprint density at radius 3 is 2.38 bits per heavy atom. The molecule has 1 saturated heterocycles. The van der Waals surface area contributed by atoms with Gasteiger partial charge in [0.1, 0.15) is 0 Å². The molecule has 4 heteroatoms. The lowest BCUT2D eigenvalue weighted by atomic mass is 9.78. The van der Waals surface area contributed by atoms with Gasteiger partial charge >= 0.3 is 7.05 Å². The van der Waals surface area contributed by atoms with Gasteiger partial charge in [0.25, 0.3) is 0 Å². The summed E-state index contributed by atoms with van der Waals surface area (Å²) in [5.74, 6) is 2.14. The van der Waals surface area contributed by atoms with Gasteiger partial charge in [-0.3, -0.25) is 0 Å². The minimum absolute atomic E-state index is 0.0270. The van der Waals surface area contributed by atoms with Crippen molar-refractivity contribution in [1.82, 2.24) is 4.81 Å². The van der Waals surface area contributed by atoms with Crippen molar-refractivity contribution >= 4 is 24.7 Å². The standard InChI is InChI=1S/C20H23BClNO/c1-15(2)23-16(3)20(18-7-5-4-6-8-18)24-21(23)14-13-17-9-11-19(22)12-10-17/h4-16,20H,1-3H3/b14-13-/t16-,20+/m1/s1. The van der Waals surface area contributed by atoms with Gasteiger partial charge in [0.2, 0.25) is 0 Å². The molecule has 0 aliphatic carbocycles. The van der Waals surface area contributed by atoms with Crippen molar-refractivity contribution < 1.29 is 4.65 Å². The lowest BCUT2D eigenvalue weighted by Gasteiger charge is -2.28. The maximum absolute atomic E-state index is 6.39. The summed E-state index contributed by atoms with van der Waals surface area (Å²) in [4.78, 5) is 2.42. The molecule has 0 amide bonds. The molecule has 0 unspecified atom stereocenters. The molecule has 0 N–H and O–H groups in total. The third-order valence-corrected chi connectivity index (χ3v) is 4.79. The van der Waals surface area contributed by atoms with E-state index >= 15 is 0 Å². The summed E-state index contributed by atoms with van der Waals surface area (Å²) >= 11 is 5.95. The molecule has 0 bridgehead atoms. The Morgan fingerprint density at radius 2 is 1.75 bits per heavy atom. The maximum Gasteiger partial charge on any atom is 0.412 e. The zero-order valence-corrected chi connectivity index (χ0v) is 15.1. The number of hydrogen-bond acceptors (Lipinski definition) is 2. The van der Waals surface area contributed by atoms with Crippen LogP contribution in [-0.2, 0) is 4.65 Å². The summed E-state index contributed by atoms with van der Waals surface area (Å²) < 4.78 is 6.39. The van der Waals surface area contributed by atoms with Crippen LogP contribution in [0.4, 0.5) is 0 Å². The van der Waals surface area contributed by atoms with Crippen LogP contribution in [0.1, 0.15) is 38.0 Å². The molecule has 1 aliphatic rings. The van der Waals surface area contributed by atoms with Gasteiger partial charge in [0, 0.05) is 11.1 Å². The van der Waals surface area contributed by atoms with Gasteiger partial charge in [-0.1, -0.05) is 80.0 Å². The van der Waals surface area contributed by atoms with E-state index in [1.807, 2.05) is 30.3 Å². The molecular weight excluding hydrogens is 316 g/mol. The van der Waals surface area contributed by atoms with Crippen LogP contribution < -0.4 is 0 Å². The summed E-state index contributed by atoms with van der Waals surface area (Å²) in [7, 11) is -0.0270. The van der Waals surface area contributed by atoms with Crippen molar-refractivity contribution in [3.05, 3.63) is 76.7 Å². The van der Waals surface area contributed by atoms with E-state index in [0.29, 0.717) is 12.1 Å². The van der Waals surface area contributed by atoms with E-state index in [1.165, 1.54) is 5.56 Å². The molecule has 1 heterocycles. The molecule has 1 aliphatic heterocycles. The van der Waals surface area contributed by atoms with Gasteiger partial charge in [-0.25, -0.2) is 0 Å². The molecule has 2 nitrogen and oxygen atoms in total. The number of halogens is 1. The molecule has 2 aromatic carbocycles. The summed E-state index contributed by atoms with van der Waals surface area (Å²) in [5, 5.41) is 0.755. The van der Waals surface area contributed by atoms with Gasteiger partial charge in [0.15, 0.2) is 0 Å². The SMILES string of the molecule is CC(C)N1B(/C=C\c2ccc(Cl)cc2)O[C@H](c2ccccc2)[C@H]1C. The predicted octanol–water partition coefficient (Wildman–Crippen LogP) is 5.25. The van der Waals surface area contributed by atoms with Crippen LogP contribution in [-0.4, -0.2) is 23.9 Å². The Kier molecular flexibility index (Phi) is 5.45. The van der Waals surface area contributed by atoms with E-state index in [0.717, 1.165) is 10.6 Å². The molecule has 24 heavy (non-hydrogen) atoms. The zero-order chi connectivity index (χ0) is 17.1. The smallest absolute Gasteiger partial charge is 0.409 e. The van der Waals surface area contributed by atoms with Crippen molar-refractivity contribution in [1.29, 1.82) is 0 Å². The largest absolute Gasteiger partial charge is 0.412 e. The highest BCUT2D eigenvalue weighted by Crippen LogP contribution is 2.35. The number of nitrogens with zero attached hydrogens (tertiary/aromatic N) is 1. The molecule has 0 radical (unpaired) electrons. The minimum atomic E-state index is -0.0270. The highest BCUT2D eigenvalue weighted by molar-refractivity contribution is 6.56. The second-order valence-electron chi connectivity index (χ2n) is 6.55. The Morgan fingerprint density at radius 1 is 1.08 bits per heavy atom. The van der Waals surface area contributed by atoms with Crippen molar-refractivity contribution in [2.24, 2.45) is 0 Å². The summed E-state index contributed by atoms with van der Waals surface area (Å²) in [6, 6.07) is 19.1. The fourth-order valence-electron chi connectivity index (χ4n) is 3.40. The number of benzene rings is 2. The predicted molar refractivity (Wildman–Crippen MR) is 103 cm³/mol. The van der Waals surface area contributed by atoms with Gasteiger partial charge in [-0.2, -0.15) is 0 Å². The number of hydrogen-bond donors (Lipinski definition) is 0. The summed E-state index contributed by atoms with van der Waals surface area (Å²) in [6.07, 6.45) is 2.20. The molecule has 2 aromatic rings.